The van der Waals surface area contributed by atoms with Gasteiger partial charge in [-0.05, 0) is 27.7 Å². The molecule has 0 saturated carbocycles. The molecule has 19 heavy (non-hydrogen) atoms. The molecule has 2 heterocycles. The molecule has 0 bridgehead atoms. The third kappa shape index (κ3) is 3.73. The molecule has 0 spiro atoms. The van der Waals surface area contributed by atoms with Crippen molar-refractivity contribution in [2.75, 3.05) is 5.32 Å². The number of hydrogen-bond acceptors (Lipinski definition) is 3. The molecular formula is C13H22ClN5. The van der Waals surface area contributed by atoms with Gasteiger partial charge in [-0.25, -0.2) is 0 Å². The lowest BCUT2D eigenvalue weighted by atomic mass is 10.2. The second kappa shape index (κ2) is 6.61. The van der Waals surface area contributed by atoms with Crippen molar-refractivity contribution in [3.05, 3.63) is 29.8 Å². The number of aryl methyl sites for hydroxylation is 2. The van der Waals surface area contributed by atoms with Gasteiger partial charge >= 0.3 is 0 Å². The number of hydrogen-bond donors (Lipinski definition) is 1. The van der Waals surface area contributed by atoms with Gasteiger partial charge in [-0.1, -0.05) is 0 Å². The van der Waals surface area contributed by atoms with E-state index in [0.29, 0.717) is 6.04 Å². The first kappa shape index (κ1) is 15.6. The maximum atomic E-state index is 4.50. The molecule has 0 atom stereocenters. The third-order valence-corrected chi connectivity index (χ3v) is 2.99. The van der Waals surface area contributed by atoms with E-state index in [1.807, 2.05) is 28.7 Å². The van der Waals surface area contributed by atoms with Crippen molar-refractivity contribution in [2.45, 2.75) is 46.8 Å². The summed E-state index contributed by atoms with van der Waals surface area (Å²) in [5.41, 5.74) is 3.36. The second-order valence-electron chi connectivity index (χ2n) is 4.75. The van der Waals surface area contributed by atoms with Crippen molar-refractivity contribution in [3.8, 4) is 0 Å². The normalized spacial score (nSPS) is 10.6. The van der Waals surface area contributed by atoms with Crippen LogP contribution in [-0.2, 0) is 13.1 Å². The summed E-state index contributed by atoms with van der Waals surface area (Å²) in [6.45, 7) is 10.1. The van der Waals surface area contributed by atoms with Gasteiger partial charge in [0.2, 0.25) is 0 Å². The molecule has 0 fully saturated rings. The summed E-state index contributed by atoms with van der Waals surface area (Å²) >= 11 is 0. The standard InChI is InChI=1S/C13H21N5.ClH/c1-5-17-9-13(7-15-17)14-6-12-8-18(10(2)3)16-11(12)4;/h7-10,14H,5-6H2,1-4H3;1H. The Bertz CT molecular complexity index is 515. The largest absolute Gasteiger partial charge is 0.378 e. The predicted octanol–water partition coefficient (Wildman–Crippen LogP) is 3.02. The van der Waals surface area contributed by atoms with Crippen molar-refractivity contribution in [3.63, 3.8) is 0 Å². The average Bonchev–Trinajstić information content (AvgIpc) is 2.93. The number of rotatable bonds is 5. The number of nitrogens with zero attached hydrogens (tertiary/aromatic N) is 4. The maximum absolute atomic E-state index is 4.50. The lowest BCUT2D eigenvalue weighted by Gasteiger charge is -2.03. The van der Waals surface area contributed by atoms with E-state index in [4.69, 9.17) is 0 Å². The van der Waals surface area contributed by atoms with E-state index in [-0.39, 0.29) is 12.4 Å². The molecule has 0 aromatic carbocycles. The van der Waals surface area contributed by atoms with Crippen LogP contribution in [0.1, 0.15) is 38.1 Å². The highest BCUT2D eigenvalue weighted by molar-refractivity contribution is 5.85. The summed E-state index contributed by atoms with van der Waals surface area (Å²) in [7, 11) is 0. The Kier molecular flexibility index (Phi) is 5.42. The fourth-order valence-corrected chi connectivity index (χ4v) is 1.78. The molecule has 0 radical (unpaired) electrons. The molecule has 0 aliphatic heterocycles. The van der Waals surface area contributed by atoms with E-state index in [1.54, 1.807) is 0 Å². The number of aromatic nitrogens is 4. The van der Waals surface area contributed by atoms with E-state index < -0.39 is 0 Å². The molecule has 6 heteroatoms. The maximum Gasteiger partial charge on any atom is 0.0729 e. The van der Waals surface area contributed by atoms with Gasteiger partial charge in [0.25, 0.3) is 0 Å². The second-order valence-corrected chi connectivity index (χ2v) is 4.75. The van der Waals surface area contributed by atoms with Crippen molar-refractivity contribution < 1.29 is 0 Å². The van der Waals surface area contributed by atoms with Crippen LogP contribution in [0.4, 0.5) is 5.69 Å². The fraction of sp³-hybridized carbons (Fsp3) is 0.538. The predicted molar refractivity (Wildman–Crippen MR) is 79.8 cm³/mol. The van der Waals surface area contributed by atoms with Crippen LogP contribution in [-0.4, -0.2) is 19.6 Å². The summed E-state index contributed by atoms with van der Waals surface area (Å²) in [4.78, 5) is 0. The zero-order valence-electron chi connectivity index (χ0n) is 11.9. The first-order valence-electron chi connectivity index (χ1n) is 6.41. The van der Waals surface area contributed by atoms with Crippen LogP contribution in [0, 0.1) is 6.92 Å². The number of nitrogens with one attached hydrogen (secondary N) is 1. The first-order chi connectivity index (χ1) is 8.60. The Hall–Kier alpha value is -1.49. The minimum atomic E-state index is 0. The van der Waals surface area contributed by atoms with Crippen LogP contribution in [0.25, 0.3) is 0 Å². The zero-order valence-corrected chi connectivity index (χ0v) is 12.7. The Balaban J connectivity index is 0.00000180. The van der Waals surface area contributed by atoms with E-state index in [9.17, 15) is 0 Å². The molecule has 1 N–H and O–H groups in total. The van der Waals surface area contributed by atoms with Crippen molar-refractivity contribution >= 4 is 18.1 Å². The van der Waals surface area contributed by atoms with Crippen LogP contribution in [0.15, 0.2) is 18.6 Å². The van der Waals surface area contributed by atoms with Gasteiger partial charge in [0.1, 0.15) is 0 Å². The van der Waals surface area contributed by atoms with Crippen molar-refractivity contribution in [1.29, 1.82) is 0 Å². The lowest BCUT2D eigenvalue weighted by Crippen LogP contribution is -2.01. The van der Waals surface area contributed by atoms with E-state index in [0.717, 1.165) is 24.5 Å². The highest BCUT2D eigenvalue weighted by Crippen LogP contribution is 2.13. The molecule has 2 aromatic rings. The topological polar surface area (TPSA) is 47.7 Å². The fourth-order valence-electron chi connectivity index (χ4n) is 1.78. The summed E-state index contributed by atoms with van der Waals surface area (Å²) in [5.74, 6) is 0. The molecule has 0 unspecified atom stereocenters. The van der Waals surface area contributed by atoms with Gasteiger partial charge in [-0.15, -0.1) is 12.4 Å². The van der Waals surface area contributed by atoms with Crippen LogP contribution < -0.4 is 5.32 Å². The molecule has 0 aliphatic carbocycles. The van der Waals surface area contributed by atoms with Crippen molar-refractivity contribution in [1.82, 2.24) is 19.6 Å². The highest BCUT2D eigenvalue weighted by Gasteiger charge is 2.07. The van der Waals surface area contributed by atoms with Gasteiger partial charge in [-0.2, -0.15) is 10.2 Å². The SMILES string of the molecule is CCn1cc(NCc2cn(C(C)C)nc2C)cn1.Cl. The van der Waals surface area contributed by atoms with Gasteiger partial charge in [-0.3, -0.25) is 9.36 Å². The highest BCUT2D eigenvalue weighted by atomic mass is 35.5. The van der Waals surface area contributed by atoms with Crippen LogP contribution >= 0.6 is 12.4 Å². The Labute approximate surface area is 120 Å². The van der Waals surface area contributed by atoms with Crippen molar-refractivity contribution in [2.24, 2.45) is 0 Å². The lowest BCUT2D eigenvalue weighted by molar-refractivity contribution is 0.529. The Morgan fingerprint density at radius 1 is 1.32 bits per heavy atom. The zero-order chi connectivity index (χ0) is 13.1. The minimum absolute atomic E-state index is 0. The number of halogens is 1. The van der Waals surface area contributed by atoms with Gasteiger partial charge in [0.05, 0.1) is 17.6 Å². The first-order valence-corrected chi connectivity index (χ1v) is 6.41. The van der Waals surface area contributed by atoms with Crippen LogP contribution in [0.2, 0.25) is 0 Å². The molecule has 106 valence electrons. The molecule has 0 amide bonds. The van der Waals surface area contributed by atoms with Gasteiger partial charge in [0.15, 0.2) is 0 Å². The molecule has 0 aliphatic rings. The average molecular weight is 284 g/mol. The summed E-state index contributed by atoms with van der Waals surface area (Å²) < 4.78 is 3.91. The Morgan fingerprint density at radius 2 is 2.05 bits per heavy atom. The quantitative estimate of drug-likeness (QED) is 0.917. The minimum Gasteiger partial charge on any atom is -0.378 e. The van der Waals surface area contributed by atoms with E-state index in [1.165, 1.54) is 5.56 Å². The van der Waals surface area contributed by atoms with Gasteiger partial charge < -0.3 is 5.32 Å². The monoisotopic (exact) mass is 283 g/mol. The smallest absolute Gasteiger partial charge is 0.0729 e. The van der Waals surface area contributed by atoms with E-state index >= 15 is 0 Å². The molecule has 5 nitrogen and oxygen atoms in total. The number of anilines is 1. The van der Waals surface area contributed by atoms with Crippen LogP contribution in [0.5, 0.6) is 0 Å². The Morgan fingerprint density at radius 3 is 2.58 bits per heavy atom. The summed E-state index contributed by atoms with van der Waals surface area (Å²) in [6.07, 6.45) is 5.98. The third-order valence-electron chi connectivity index (χ3n) is 2.99. The molecule has 2 aromatic heterocycles. The molecule has 0 saturated heterocycles. The molecule has 2 rings (SSSR count). The summed E-state index contributed by atoms with van der Waals surface area (Å²) in [5, 5.41) is 12.1. The van der Waals surface area contributed by atoms with Crippen LogP contribution in [0.3, 0.4) is 0 Å². The summed E-state index contributed by atoms with van der Waals surface area (Å²) in [6, 6.07) is 0.403. The van der Waals surface area contributed by atoms with Gasteiger partial charge in [0, 0.05) is 37.1 Å². The molecular weight excluding hydrogens is 262 g/mol. The van der Waals surface area contributed by atoms with E-state index in [2.05, 4.69) is 42.5 Å².